The second kappa shape index (κ2) is 24.2. The van der Waals surface area contributed by atoms with Crippen LogP contribution in [0.3, 0.4) is 0 Å². The van der Waals surface area contributed by atoms with E-state index in [1.165, 1.54) is 17.2 Å². The van der Waals surface area contributed by atoms with Gasteiger partial charge in [-0.3, -0.25) is 0 Å². The van der Waals surface area contributed by atoms with Crippen molar-refractivity contribution in [3.8, 4) is 11.1 Å². The Balaban J connectivity index is 0. The topological polar surface area (TPSA) is 67.8 Å². The van der Waals surface area contributed by atoms with Crippen LogP contribution in [-0.2, 0) is 27.5 Å². The molecule has 0 radical (unpaired) electrons. The first-order valence-electron chi connectivity index (χ1n) is 18.2. The Bertz CT molecular complexity index is 1590. The molecule has 0 saturated heterocycles. The summed E-state index contributed by atoms with van der Waals surface area (Å²) in [7, 11) is -2.94. The molecule has 0 atom stereocenters. The molecule has 54 heavy (non-hydrogen) atoms. The van der Waals surface area contributed by atoms with Crippen LogP contribution in [0.25, 0.3) is 11.1 Å². The van der Waals surface area contributed by atoms with Crippen molar-refractivity contribution in [2.24, 2.45) is 22.4 Å². The number of rotatable bonds is 8. The highest BCUT2D eigenvalue weighted by Gasteiger charge is 2.35. The molecule has 2 aliphatic carbocycles. The Labute approximate surface area is 328 Å². The molecule has 1 fully saturated rings. The number of nitrogens with zero attached hydrogens (tertiary/aromatic N) is 1. The van der Waals surface area contributed by atoms with E-state index in [0.717, 1.165) is 48.1 Å². The van der Waals surface area contributed by atoms with E-state index in [-0.39, 0.29) is 32.2 Å². The van der Waals surface area contributed by atoms with Gasteiger partial charge in [0.05, 0.1) is 10.8 Å². The third-order valence-electron chi connectivity index (χ3n) is 8.42. The largest absolute Gasteiger partial charge is 0.416 e. The van der Waals surface area contributed by atoms with Crippen molar-refractivity contribution >= 4 is 15.7 Å². The van der Waals surface area contributed by atoms with E-state index in [2.05, 4.69) is 94.1 Å². The summed E-state index contributed by atoms with van der Waals surface area (Å²) in [6.45, 7) is 28.9. The molecule has 306 valence electrons. The van der Waals surface area contributed by atoms with Crippen molar-refractivity contribution in [3.05, 3.63) is 108 Å². The molecule has 5 rings (SSSR count). The number of hydrogen-bond acceptors (Lipinski definition) is 4. The highest BCUT2D eigenvalue weighted by Crippen LogP contribution is 2.37. The third-order valence-corrected chi connectivity index (χ3v) is 10.6. The van der Waals surface area contributed by atoms with Gasteiger partial charge < -0.3 is 4.84 Å². The maximum atomic E-state index is 12.6. The van der Waals surface area contributed by atoms with Gasteiger partial charge in [0.15, 0.2) is 0 Å². The van der Waals surface area contributed by atoms with Crippen LogP contribution >= 0.6 is 0 Å². The molecule has 0 aliphatic heterocycles. The molecule has 3 aromatic rings. The van der Waals surface area contributed by atoms with E-state index in [1.54, 1.807) is 12.1 Å². The molecule has 0 heterocycles. The first-order chi connectivity index (χ1) is 24.1. The molecule has 9 heteroatoms. The normalized spacial score (nSPS) is 12.9. The molecule has 2 aliphatic rings. The van der Waals surface area contributed by atoms with Crippen LogP contribution in [-0.4, -0.2) is 31.5 Å². The van der Waals surface area contributed by atoms with E-state index >= 15 is 0 Å². The Hall–Kier alpha value is -3.43. The first kappa shape index (κ1) is 52.7. The van der Waals surface area contributed by atoms with E-state index in [1.807, 2.05) is 53.7 Å². The summed E-state index contributed by atoms with van der Waals surface area (Å²) < 4.78 is 62.5. The Kier molecular flexibility index (Phi) is 23.6. The van der Waals surface area contributed by atoms with Gasteiger partial charge in [-0.2, -0.15) is 13.2 Å². The second-order valence-electron chi connectivity index (χ2n) is 15.3. The zero-order chi connectivity index (χ0) is 39.9. The van der Waals surface area contributed by atoms with Crippen molar-refractivity contribution in [2.75, 3.05) is 0 Å². The number of aryl methyl sites for hydroxylation is 1. The molecule has 0 unspecified atom stereocenters. The number of sulfonamides is 1. The highest BCUT2D eigenvalue weighted by molar-refractivity contribution is 7.90. The molecule has 0 spiro atoms. The predicted octanol–water partition coefficient (Wildman–Crippen LogP) is 13.4. The fourth-order valence-electron chi connectivity index (χ4n) is 4.51. The van der Waals surface area contributed by atoms with Gasteiger partial charge in [0.2, 0.25) is 10.0 Å². The van der Waals surface area contributed by atoms with Gasteiger partial charge >= 0.3 is 6.18 Å². The average molecular weight is 777 g/mol. The minimum absolute atomic E-state index is 0. The molecular formula is C45H71F3N2O3S. The molecule has 1 N–H and O–H groups in total. The van der Waals surface area contributed by atoms with Crippen LogP contribution in [0.5, 0.6) is 0 Å². The smallest absolute Gasteiger partial charge is 0.393 e. The van der Waals surface area contributed by atoms with Gasteiger partial charge in [0, 0.05) is 17.2 Å². The fraction of sp³-hybridized carbons (Fsp3) is 0.533. The molecule has 5 nitrogen and oxygen atoms in total. The van der Waals surface area contributed by atoms with Gasteiger partial charge in [0.25, 0.3) is 0 Å². The summed E-state index contributed by atoms with van der Waals surface area (Å²) in [4.78, 5) is 5.43. The van der Waals surface area contributed by atoms with Crippen molar-refractivity contribution in [3.63, 3.8) is 0 Å². The molecule has 0 aromatic heterocycles. The predicted molar refractivity (Wildman–Crippen MR) is 228 cm³/mol. The SMILES string of the molecule is C.C.C=C.CC(C)C(C)(C)C.CC(C)CCc1ccccc1C(F)(F)F.CC(C)NS(=O)(=O)C1CC1.CC(C)ON=C1c2ccccc2-c2ccccc21. The zero-order valence-electron chi connectivity index (χ0n) is 33.3. The molecule has 0 amide bonds. The van der Waals surface area contributed by atoms with Crippen LogP contribution in [0, 0.1) is 17.3 Å². The standard InChI is InChI=1S/C16H15NO.C12H15F3.C7H16.C6H13NO2S.C2H4.2CH4/c1-11(2)18-17-16-14-9-5-3-7-12(14)13-8-4-6-10-15(13)16;1-9(2)7-8-10-5-3-4-6-11(10)12(13,14)15;1-6(2)7(3,4)5;1-5(2)7-10(8,9)6-3-4-6;1-2;;/h3-11H,1-2H3;3-6,9H,7-8H2,1-2H3;6H,1-5H3;5-7H,3-4H2,1-2H3;1-2H2;2*1H4. The Morgan fingerprint density at radius 3 is 1.52 bits per heavy atom. The minimum Gasteiger partial charge on any atom is -0.393 e. The lowest BCUT2D eigenvalue weighted by Crippen LogP contribution is -2.32. The number of alkyl halides is 3. The molecule has 3 aromatic carbocycles. The zero-order valence-corrected chi connectivity index (χ0v) is 34.1. The van der Waals surface area contributed by atoms with E-state index < -0.39 is 21.8 Å². The van der Waals surface area contributed by atoms with Crippen molar-refractivity contribution in [1.82, 2.24) is 4.72 Å². The highest BCUT2D eigenvalue weighted by atomic mass is 32.2. The van der Waals surface area contributed by atoms with Crippen molar-refractivity contribution < 1.29 is 26.4 Å². The lowest BCUT2D eigenvalue weighted by molar-refractivity contribution is -0.138. The van der Waals surface area contributed by atoms with Crippen LogP contribution < -0.4 is 4.72 Å². The molecule has 0 bridgehead atoms. The van der Waals surface area contributed by atoms with Crippen LogP contribution in [0.2, 0.25) is 0 Å². The second-order valence-corrected chi connectivity index (χ2v) is 17.3. The quantitative estimate of drug-likeness (QED) is 0.143. The maximum absolute atomic E-state index is 12.6. The lowest BCUT2D eigenvalue weighted by Gasteiger charge is -2.22. The average Bonchev–Trinajstić information content (AvgIpc) is 3.88. The van der Waals surface area contributed by atoms with Crippen LogP contribution in [0.4, 0.5) is 13.2 Å². The Morgan fingerprint density at radius 1 is 0.759 bits per heavy atom. The van der Waals surface area contributed by atoms with E-state index in [4.69, 9.17) is 4.84 Å². The summed E-state index contributed by atoms with van der Waals surface area (Å²) in [6.07, 6.45) is -1.18. The van der Waals surface area contributed by atoms with E-state index in [9.17, 15) is 21.6 Å². The van der Waals surface area contributed by atoms with Crippen molar-refractivity contribution in [1.29, 1.82) is 0 Å². The Morgan fingerprint density at radius 2 is 1.17 bits per heavy atom. The lowest BCUT2D eigenvalue weighted by atomic mass is 9.84. The van der Waals surface area contributed by atoms with Gasteiger partial charge in [-0.15, -0.1) is 13.2 Å². The van der Waals surface area contributed by atoms with Gasteiger partial charge in [-0.05, 0) is 93.4 Å². The summed E-state index contributed by atoms with van der Waals surface area (Å²) in [5, 5.41) is 4.23. The van der Waals surface area contributed by atoms with E-state index in [0.29, 0.717) is 23.3 Å². The van der Waals surface area contributed by atoms with Crippen LogP contribution in [0.1, 0.15) is 133 Å². The summed E-state index contributed by atoms with van der Waals surface area (Å²) >= 11 is 0. The number of halogens is 3. The first-order valence-corrected chi connectivity index (χ1v) is 19.8. The molecular weight excluding hydrogens is 706 g/mol. The maximum Gasteiger partial charge on any atom is 0.416 e. The number of benzene rings is 3. The number of oxime groups is 1. The van der Waals surface area contributed by atoms with Gasteiger partial charge in [-0.25, -0.2) is 13.1 Å². The monoisotopic (exact) mass is 777 g/mol. The summed E-state index contributed by atoms with van der Waals surface area (Å²) in [5.74, 6) is 1.22. The summed E-state index contributed by atoms with van der Waals surface area (Å²) in [5.41, 5.74) is 6.12. The number of hydrogen-bond donors (Lipinski definition) is 1. The minimum atomic E-state index is -4.23. The third kappa shape index (κ3) is 18.3. The number of fused-ring (bicyclic) bond motifs is 3. The van der Waals surface area contributed by atoms with Crippen molar-refractivity contribution in [2.45, 2.75) is 140 Å². The summed E-state index contributed by atoms with van der Waals surface area (Å²) in [6, 6.07) is 22.5. The molecule has 1 saturated carbocycles. The fourth-order valence-corrected chi connectivity index (χ4v) is 6.12. The number of nitrogens with one attached hydrogen (secondary N) is 1. The van der Waals surface area contributed by atoms with Crippen LogP contribution in [0.15, 0.2) is 91.1 Å². The van der Waals surface area contributed by atoms with Gasteiger partial charge in [-0.1, -0.05) is 135 Å². The van der Waals surface area contributed by atoms with Gasteiger partial charge in [0.1, 0.15) is 11.8 Å².